The van der Waals surface area contributed by atoms with E-state index in [2.05, 4.69) is 6.92 Å². The third-order valence-electron chi connectivity index (χ3n) is 9.71. The highest BCUT2D eigenvalue weighted by atomic mass is 19.2. The van der Waals surface area contributed by atoms with Crippen LogP contribution in [-0.4, -0.2) is 13.1 Å². The second-order valence-electron chi connectivity index (χ2n) is 11.8. The predicted molar refractivity (Wildman–Crippen MR) is 139 cm³/mol. The van der Waals surface area contributed by atoms with Crippen LogP contribution < -0.4 is 9.47 Å². The summed E-state index contributed by atoms with van der Waals surface area (Å²) in [6.45, 7) is 2.28. The van der Waals surface area contributed by atoms with E-state index in [4.69, 9.17) is 9.47 Å². The highest BCUT2D eigenvalue weighted by molar-refractivity contribution is 5.75. The molecular formula is C31H46F2O3. The Kier molecular flexibility index (Phi) is 10.1. The Labute approximate surface area is 216 Å². The lowest BCUT2D eigenvalue weighted by atomic mass is 9.59. The van der Waals surface area contributed by atoms with Crippen LogP contribution in [0, 0.1) is 47.1 Å². The van der Waals surface area contributed by atoms with Gasteiger partial charge in [0.15, 0.2) is 11.5 Å². The summed E-state index contributed by atoms with van der Waals surface area (Å²) in [5.41, 5.74) is 0. The smallest absolute Gasteiger partial charge is 0.314 e. The molecule has 0 saturated heterocycles. The Morgan fingerprint density at radius 2 is 1.53 bits per heavy atom. The first kappa shape index (κ1) is 27.4. The van der Waals surface area contributed by atoms with Crippen molar-refractivity contribution in [1.29, 1.82) is 0 Å². The van der Waals surface area contributed by atoms with Gasteiger partial charge in [-0.05, 0) is 80.2 Å². The summed E-state index contributed by atoms with van der Waals surface area (Å²) in [6, 6.07) is 2.59. The monoisotopic (exact) mass is 504 g/mol. The van der Waals surface area contributed by atoms with E-state index in [1.165, 1.54) is 103 Å². The van der Waals surface area contributed by atoms with Crippen LogP contribution in [0.5, 0.6) is 11.5 Å². The minimum atomic E-state index is -1.16. The predicted octanol–water partition coefficient (Wildman–Crippen LogP) is 8.88. The summed E-state index contributed by atoms with van der Waals surface area (Å²) in [7, 11) is 1.28. The second-order valence-corrected chi connectivity index (χ2v) is 11.8. The molecule has 3 aliphatic rings. The third kappa shape index (κ3) is 6.61. The molecule has 0 aliphatic heterocycles. The lowest BCUT2D eigenvalue weighted by Gasteiger charge is -2.46. The van der Waals surface area contributed by atoms with Gasteiger partial charge in [-0.3, -0.25) is 4.79 Å². The van der Waals surface area contributed by atoms with Crippen LogP contribution in [0.4, 0.5) is 8.78 Å². The molecule has 0 aromatic heterocycles. The quantitative estimate of drug-likeness (QED) is 0.181. The molecule has 5 heteroatoms. The molecule has 1 aromatic carbocycles. The van der Waals surface area contributed by atoms with Crippen LogP contribution in [0.25, 0.3) is 0 Å². The molecule has 0 heterocycles. The van der Waals surface area contributed by atoms with Gasteiger partial charge in [0.2, 0.25) is 11.6 Å². The third-order valence-corrected chi connectivity index (χ3v) is 9.71. The van der Waals surface area contributed by atoms with Crippen LogP contribution in [0.1, 0.15) is 110 Å². The maximum atomic E-state index is 14.4. The SMILES string of the molecule is CCCCCCCC1CCC(C2CCC3C(CCCC3C(=O)Oc3ccc(OC)c(F)c3F)C2)CC1. The van der Waals surface area contributed by atoms with Crippen LogP contribution in [0.3, 0.4) is 0 Å². The largest absolute Gasteiger partial charge is 0.494 e. The lowest BCUT2D eigenvalue weighted by molar-refractivity contribution is -0.144. The molecule has 4 rings (SSSR count). The minimum absolute atomic E-state index is 0.190. The molecule has 1 aromatic rings. The van der Waals surface area contributed by atoms with Crippen molar-refractivity contribution in [2.24, 2.45) is 35.5 Å². The summed E-state index contributed by atoms with van der Waals surface area (Å²) >= 11 is 0. The van der Waals surface area contributed by atoms with Gasteiger partial charge < -0.3 is 9.47 Å². The number of benzene rings is 1. The van der Waals surface area contributed by atoms with Crippen LogP contribution in [0.15, 0.2) is 12.1 Å². The number of hydrogen-bond acceptors (Lipinski definition) is 3. The van der Waals surface area contributed by atoms with Gasteiger partial charge in [0.05, 0.1) is 13.0 Å². The highest BCUT2D eigenvalue weighted by Crippen LogP contribution is 2.50. The molecule has 202 valence electrons. The molecule has 0 bridgehead atoms. The van der Waals surface area contributed by atoms with Gasteiger partial charge in [0.25, 0.3) is 0 Å². The first-order valence-corrected chi connectivity index (χ1v) is 14.7. The molecule has 3 aliphatic carbocycles. The first-order chi connectivity index (χ1) is 17.5. The molecule has 3 fully saturated rings. The highest BCUT2D eigenvalue weighted by Gasteiger charge is 2.43. The second kappa shape index (κ2) is 13.2. The van der Waals surface area contributed by atoms with Crippen LogP contribution in [0.2, 0.25) is 0 Å². The van der Waals surface area contributed by atoms with Crippen molar-refractivity contribution >= 4 is 5.97 Å². The van der Waals surface area contributed by atoms with Gasteiger partial charge in [-0.15, -0.1) is 0 Å². The van der Waals surface area contributed by atoms with E-state index in [9.17, 15) is 13.6 Å². The van der Waals surface area contributed by atoms with Gasteiger partial charge in [0, 0.05) is 0 Å². The van der Waals surface area contributed by atoms with Crippen molar-refractivity contribution in [3.63, 3.8) is 0 Å². The van der Waals surface area contributed by atoms with E-state index in [-0.39, 0.29) is 17.4 Å². The first-order valence-electron chi connectivity index (χ1n) is 14.7. The van der Waals surface area contributed by atoms with Crippen molar-refractivity contribution in [2.45, 2.75) is 110 Å². The number of carbonyl (C=O) groups is 1. The van der Waals surface area contributed by atoms with Gasteiger partial charge in [-0.25, -0.2) is 0 Å². The van der Waals surface area contributed by atoms with Gasteiger partial charge in [-0.1, -0.05) is 71.1 Å². The van der Waals surface area contributed by atoms with E-state index < -0.39 is 17.6 Å². The molecule has 4 unspecified atom stereocenters. The minimum Gasteiger partial charge on any atom is -0.494 e. The standard InChI is InChI=1S/C31H46F2O3/c1-3-4-5-6-7-9-21-12-14-22(15-13-21)23-16-17-25-24(20-23)10-8-11-26(25)31(34)36-28-19-18-27(35-2)29(32)30(28)33/h18-19,21-26H,3-17,20H2,1-2H3. The number of rotatable bonds is 10. The molecule has 36 heavy (non-hydrogen) atoms. The number of ether oxygens (including phenoxy) is 2. The molecule has 0 spiro atoms. The Morgan fingerprint density at radius 3 is 2.28 bits per heavy atom. The maximum Gasteiger partial charge on any atom is 0.314 e. The van der Waals surface area contributed by atoms with E-state index >= 15 is 0 Å². The molecule has 3 saturated carbocycles. The number of methoxy groups -OCH3 is 1. The summed E-state index contributed by atoms with van der Waals surface area (Å²) in [6.07, 6.45) is 20.4. The fourth-order valence-corrected chi connectivity index (χ4v) is 7.64. The number of unbranched alkanes of at least 4 members (excludes halogenated alkanes) is 4. The number of carbonyl (C=O) groups excluding carboxylic acids is 1. The van der Waals surface area contributed by atoms with Crippen LogP contribution >= 0.6 is 0 Å². The molecular weight excluding hydrogens is 458 g/mol. The van der Waals surface area contributed by atoms with Gasteiger partial charge >= 0.3 is 5.97 Å². The molecule has 4 atom stereocenters. The molecule has 3 nitrogen and oxygen atoms in total. The lowest BCUT2D eigenvalue weighted by Crippen LogP contribution is -2.40. The van der Waals surface area contributed by atoms with Gasteiger partial charge in [0.1, 0.15) is 0 Å². The Bertz CT molecular complexity index is 848. The summed E-state index contributed by atoms with van der Waals surface area (Å²) in [5.74, 6) is 0.0505. The number of halogens is 2. The number of esters is 1. The molecule has 0 amide bonds. The fourth-order valence-electron chi connectivity index (χ4n) is 7.64. The Morgan fingerprint density at radius 1 is 0.833 bits per heavy atom. The summed E-state index contributed by atoms with van der Waals surface area (Å²) in [4.78, 5) is 13.1. The Balaban J connectivity index is 1.26. The average Bonchev–Trinajstić information content (AvgIpc) is 2.91. The van der Waals surface area contributed by atoms with Crippen molar-refractivity contribution in [1.82, 2.24) is 0 Å². The maximum absolute atomic E-state index is 14.4. The van der Waals surface area contributed by atoms with Crippen LogP contribution in [-0.2, 0) is 4.79 Å². The Hall–Kier alpha value is -1.65. The fraction of sp³-hybridized carbons (Fsp3) is 0.774. The van der Waals surface area contributed by atoms with Gasteiger partial charge in [-0.2, -0.15) is 8.78 Å². The number of fused-ring (bicyclic) bond motifs is 1. The molecule has 0 N–H and O–H groups in total. The number of hydrogen-bond donors (Lipinski definition) is 0. The van der Waals surface area contributed by atoms with Crippen molar-refractivity contribution in [3.8, 4) is 11.5 Å². The zero-order chi connectivity index (χ0) is 25.5. The zero-order valence-corrected chi connectivity index (χ0v) is 22.4. The summed E-state index contributed by atoms with van der Waals surface area (Å²) in [5, 5.41) is 0. The molecule has 0 radical (unpaired) electrons. The van der Waals surface area contributed by atoms with Crippen molar-refractivity contribution in [2.75, 3.05) is 7.11 Å². The van der Waals surface area contributed by atoms with E-state index in [1.807, 2.05) is 0 Å². The van der Waals surface area contributed by atoms with Crippen molar-refractivity contribution < 1.29 is 23.0 Å². The van der Waals surface area contributed by atoms with E-state index in [1.54, 1.807) is 0 Å². The van der Waals surface area contributed by atoms with E-state index in [0.717, 1.165) is 37.0 Å². The van der Waals surface area contributed by atoms with E-state index in [0.29, 0.717) is 11.8 Å². The topological polar surface area (TPSA) is 35.5 Å². The summed E-state index contributed by atoms with van der Waals surface area (Å²) < 4.78 is 38.7. The zero-order valence-electron chi connectivity index (χ0n) is 22.4. The van der Waals surface area contributed by atoms with Crippen molar-refractivity contribution in [3.05, 3.63) is 23.8 Å². The normalized spacial score (nSPS) is 30.4. The average molecular weight is 505 g/mol.